The summed E-state index contributed by atoms with van der Waals surface area (Å²) in [5, 5.41) is 10.1. The third kappa shape index (κ3) is 3.97. The fourth-order valence-corrected chi connectivity index (χ4v) is 3.39. The molecule has 7 nitrogen and oxygen atoms in total. The maximum atomic E-state index is 9.78. The summed E-state index contributed by atoms with van der Waals surface area (Å²) < 4.78 is 2.14. The number of hydrogen-bond donors (Lipinski definition) is 5. The summed E-state index contributed by atoms with van der Waals surface area (Å²) in [6, 6.07) is 15.3. The number of nitrogens with zero attached hydrogens (tertiary/aromatic N) is 2. The van der Waals surface area contributed by atoms with E-state index in [0.29, 0.717) is 5.02 Å². The van der Waals surface area contributed by atoms with Gasteiger partial charge in [0.15, 0.2) is 0 Å². The summed E-state index contributed by atoms with van der Waals surface area (Å²) in [6.45, 7) is 0.813. The molecule has 1 aliphatic heterocycles. The summed E-state index contributed by atoms with van der Waals surface area (Å²) in [4.78, 5) is 4.67. The number of aromatic nitrogens is 2. The second kappa shape index (κ2) is 8.08. The van der Waals surface area contributed by atoms with Crippen LogP contribution in [0.25, 0.3) is 22.5 Å². The third-order valence-corrected chi connectivity index (χ3v) is 4.86. The van der Waals surface area contributed by atoms with Gasteiger partial charge in [0.2, 0.25) is 0 Å². The molecule has 0 amide bonds. The van der Waals surface area contributed by atoms with E-state index in [2.05, 4.69) is 31.5 Å². The first-order valence-electron chi connectivity index (χ1n) is 8.83. The Kier molecular flexibility index (Phi) is 5.38. The lowest BCUT2D eigenvalue weighted by Gasteiger charge is -2.13. The van der Waals surface area contributed by atoms with Gasteiger partial charge in [-0.25, -0.2) is 15.8 Å². The molecule has 1 fully saturated rings. The molecule has 27 heavy (non-hydrogen) atoms. The smallest absolute Gasteiger partial charge is 0.134 e. The number of hydrogen-bond acceptors (Lipinski definition) is 6. The van der Waals surface area contributed by atoms with Crippen molar-refractivity contribution < 1.29 is 5.11 Å². The van der Waals surface area contributed by atoms with Crippen LogP contribution in [0.1, 0.15) is 12.8 Å². The van der Waals surface area contributed by atoms with Gasteiger partial charge in [-0.3, -0.25) is 0 Å². The molecule has 0 atom stereocenters. The summed E-state index contributed by atoms with van der Waals surface area (Å²) >= 11 is 6.16. The van der Waals surface area contributed by atoms with Gasteiger partial charge in [0.25, 0.3) is 0 Å². The van der Waals surface area contributed by atoms with Crippen molar-refractivity contribution in [3.8, 4) is 28.3 Å². The molecule has 1 saturated heterocycles. The van der Waals surface area contributed by atoms with Gasteiger partial charge >= 0.3 is 0 Å². The van der Waals surface area contributed by atoms with E-state index in [-0.39, 0.29) is 11.9 Å². The fourth-order valence-electron chi connectivity index (χ4n) is 3.21. The minimum atomic E-state index is 0.0751. The van der Waals surface area contributed by atoms with E-state index in [1.54, 1.807) is 12.1 Å². The molecule has 2 aromatic carbocycles. The molecule has 0 bridgehead atoms. The Morgan fingerprint density at radius 1 is 1.04 bits per heavy atom. The highest BCUT2D eigenvalue weighted by Gasteiger charge is 2.17. The van der Waals surface area contributed by atoms with E-state index in [1.807, 2.05) is 42.7 Å². The van der Waals surface area contributed by atoms with Gasteiger partial charge in [-0.15, -0.1) is 0 Å². The normalized spacial score (nSPS) is 14.7. The zero-order valence-electron chi connectivity index (χ0n) is 14.6. The number of halogens is 1. The van der Waals surface area contributed by atoms with Gasteiger partial charge in [-0.1, -0.05) is 41.9 Å². The Morgan fingerprint density at radius 3 is 2.56 bits per heavy atom. The molecule has 140 valence electrons. The monoisotopic (exact) mass is 384 g/mol. The van der Waals surface area contributed by atoms with Crippen LogP contribution in [0.3, 0.4) is 0 Å². The number of imidazole rings is 1. The molecule has 5 N–H and O–H groups in total. The average molecular weight is 385 g/mol. The number of benzene rings is 2. The first kappa shape index (κ1) is 18.0. The number of aromatic hydroxyl groups is 1. The van der Waals surface area contributed by atoms with Crippen molar-refractivity contribution in [2.24, 2.45) is 0 Å². The molecule has 2 heterocycles. The van der Waals surface area contributed by atoms with Gasteiger partial charge < -0.3 is 9.67 Å². The lowest BCUT2D eigenvalue weighted by molar-refractivity contribution is 0.453. The van der Waals surface area contributed by atoms with E-state index in [4.69, 9.17) is 11.6 Å². The maximum Gasteiger partial charge on any atom is 0.134 e. The van der Waals surface area contributed by atoms with E-state index in [0.717, 1.165) is 41.9 Å². The third-order valence-electron chi connectivity index (χ3n) is 4.55. The highest BCUT2D eigenvalue weighted by atomic mass is 35.5. The predicted molar refractivity (Wildman–Crippen MR) is 105 cm³/mol. The van der Waals surface area contributed by atoms with E-state index >= 15 is 0 Å². The van der Waals surface area contributed by atoms with Crippen LogP contribution in [-0.4, -0.2) is 20.8 Å². The molecule has 8 heteroatoms. The second-order valence-electron chi connectivity index (χ2n) is 6.40. The molecule has 0 unspecified atom stereocenters. The Bertz CT molecular complexity index is 908. The summed E-state index contributed by atoms with van der Waals surface area (Å²) in [5.41, 5.74) is 15.7. The number of phenolic OH excluding ortho intramolecular Hbond substituents is 1. The molecule has 0 spiro atoms. The van der Waals surface area contributed by atoms with E-state index < -0.39 is 0 Å². The number of aryl methyl sites for hydroxylation is 1. The van der Waals surface area contributed by atoms with Gasteiger partial charge in [-0.2, -0.15) is 11.1 Å². The van der Waals surface area contributed by atoms with Gasteiger partial charge in [0.1, 0.15) is 5.75 Å². The van der Waals surface area contributed by atoms with Crippen LogP contribution in [0.4, 0.5) is 0 Å². The Labute approximate surface area is 162 Å². The Morgan fingerprint density at radius 2 is 1.81 bits per heavy atom. The highest BCUT2D eigenvalue weighted by Crippen LogP contribution is 2.35. The first-order chi connectivity index (χ1) is 13.2. The number of rotatable bonds is 6. The van der Waals surface area contributed by atoms with Crippen molar-refractivity contribution in [1.29, 1.82) is 0 Å². The van der Waals surface area contributed by atoms with Crippen molar-refractivity contribution in [2.45, 2.75) is 25.6 Å². The van der Waals surface area contributed by atoms with Crippen molar-refractivity contribution in [3.05, 3.63) is 59.9 Å². The zero-order chi connectivity index (χ0) is 18.6. The van der Waals surface area contributed by atoms with Crippen molar-refractivity contribution >= 4 is 11.6 Å². The molecular formula is C19H21ClN6O. The molecular weight excluding hydrogens is 364 g/mol. The standard InChI is InChI=1S/C19H21ClN6O/c20-15-11-14(8-9-16(15)27)19-18(13-5-2-1-3-6-13)21-12-26(19)10-4-7-17-22-24-25-23-17/h1-3,5-6,8-9,11-12,17,22-25,27H,4,7,10H2. The molecule has 3 aromatic rings. The summed E-state index contributed by atoms with van der Waals surface area (Å²) in [6.07, 6.45) is 3.94. The Balaban J connectivity index is 1.66. The van der Waals surface area contributed by atoms with Crippen LogP contribution in [0.5, 0.6) is 5.75 Å². The van der Waals surface area contributed by atoms with Crippen molar-refractivity contribution in [3.63, 3.8) is 0 Å². The lowest BCUT2D eigenvalue weighted by atomic mass is 10.0. The SMILES string of the molecule is Oc1ccc(-c2c(-c3ccccc3)ncn2CCCC2NNNN2)cc1Cl. The quantitative estimate of drug-likeness (QED) is 0.449. The maximum absolute atomic E-state index is 9.78. The Hall–Kier alpha value is -2.42. The highest BCUT2D eigenvalue weighted by molar-refractivity contribution is 6.32. The van der Waals surface area contributed by atoms with Crippen molar-refractivity contribution in [1.82, 2.24) is 31.5 Å². The number of nitrogens with one attached hydrogen (secondary N) is 4. The molecule has 0 saturated carbocycles. The zero-order valence-corrected chi connectivity index (χ0v) is 15.4. The summed E-state index contributed by atoms with van der Waals surface area (Å²) in [7, 11) is 0. The average Bonchev–Trinajstić information content (AvgIpc) is 3.35. The largest absolute Gasteiger partial charge is 0.506 e. The van der Waals surface area contributed by atoms with E-state index in [1.165, 1.54) is 0 Å². The van der Waals surface area contributed by atoms with Crippen LogP contribution in [-0.2, 0) is 6.54 Å². The minimum Gasteiger partial charge on any atom is -0.506 e. The first-order valence-corrected chi connectivity index (χ1v) is 9.20. The second-order valence-corrected chi connectivity index (χ2v) is 6.81. The van der Waals surface area contributed by atoms with Crippen LogP contribution >= 0.6 is 11.6 Å². The van der Waals surface area contributed by atoms with E-state index in [9.17, 15) is 5.11 Å². The molecule has 0 aliphatic carbocycles. The van der Waals surface area contributed by atoms with Gasteiger partial charge in [-0.05, 0) is 31.0 Å². The number of hydrazine groups is 3. The van der Waals surface area contributed by atoms with Crippen LogP contribution in [0, 0.1) is 0 Å². The number of phenols is 1. The van der Waals surface area contributed by atoms with Crippen molar-refractivity contribution in [2.75, 3.05) is 0 Å². The minimum absolute atomic E-state index is 0.0751. The van der Waals surface area contributed by atoms with Gasteiger partial charge in [0, 0.05) is 17.7 Å². The van der Waals surface area contributed by atoms with Gasteiger partial charge in [0.05, 0.1) is 28.9 Å². The molecule has 0 radical (unpaired) electrons. The summed E-state index contributed by atoms with van der Waals surface area (Å²) in [5.74, 6) is 0.0751. The predicted octanol–water partition coefficient (Wildman–Crippen LogP) is 2.80. The lowest BCUT2D eigenvalue weighted by Crippen LogP contribution is -2.33. The molecule has 1 aromatic heterocycles. The van der Waals surface area contributed by atoms with Crippen LogP contribution in [0.2, 0.25) is 5.02 Å². The molecule has 1 aliphatic rings. The van der Waals surface area contributed by atoms with Crippen LogP contribution < -0.4 is 21.9 Å². The molecule has 4 rings (SSSR count). The topological polar surface area (TPSA) is 86.2 Å². The van der Waals surface area contributed by atoms with Crippen LogP contribution in [0.15, 0.2) is 54.9 Å². The fraction of sp³-hybridized carbons (Fsp3) is 0.211.